The van der Waals surface area contributed by atoms with Crippen LogP contribution in [0.15, 0.2) is 47.5 Å². The molecule has 2 aromatic rings. The van der Waals surface area contributed by atoms with E-state index in [0.29, 0.717) is 12.5 Å². The molecule has 0 aliphatic carbocycles. The van der Waals surface area contributed by atoms with Gasteiger partial charge >= 0.3 is 0 Å². The van der Waals surface area contributed by atoms with Crippen LogP contribution in [0.3, 0.4) is 0 Å². The molecule has 1 atom stereocenters. The highest BCUT2D eigenvalue weighted by atomic mass is 16.7. The predicted octanol–water partition coefficient (Wildman–Crippen LogP) is 2.26. The number of guanidine groups is 1. The van der Waals surface area contributed by atoms with E-state index in [1.807, 2.05) is 49.4 Å². The third-order valence-corrected chi connectivity index (χ3v) is 4.41. The summed E-state index contributed by atoms with van der Waals surface area (Å²) in [5.41, 5.74) is 1.96. The monoisotopic (exact) mass is 385 g/mol. The first-order chi connectivity index (χ1) is 13.7. The molecular formula is C21H27N3O4. The molecule has 0 spiro atoms. The van der Waals surface area contributed by atoms with Crippen LogP contribution in [0.5, 0.6) is 17.2 Å². The number of aliphatic imine (C=N–C) groups is 1. The van der Waals surface area contributed by atoms with Crippen molar-refractivity contribution < 1.29 is 19.3 Å². The highest BCUT2D eigenvalue weighted by molar-refractivity contribution is 5.79. The van der Waals surface area contributed by atoms with Crippen LogP contribution in [0.4, 0.5) is 0 Å². The van der Waals surface area contributed by atoms with Crippen molar-refractivity contribution >= 4 is 5.96 Å². The molecular weight excluding hydrogens is 358 g/mol. The van der Waals surface area contributed by atoms with E-state index in [1.54, 1.807) is 7.11 Å². The summed E-state index contributed by atoms with van der Waals surface area (Å²) in [7, 11) is 1.62. The zero-order valence-electron chi connectivity index (χ0n) is 16.3. The molecule has 2 aromatic carbocycles. The van der Waals surface area contributed by atoms with Crippen molar-refractivity contribution in [1.82, 2.24) is 10.6 Å². The lowest BCUT2D eigenvalue weighted by molar-refractivity contribution is 0.174. The smallest absolute Gasteiger partial charge is 0.231 e. The molecule has 7 heteroatoms. The van der Waals surface area contributed by atoms with Crippen molar-refractivity contribution in [2.45, 2.75) is 19.4 Å². The largest absolute Gasteiger partial charge is 0.497 e. The number of aliphatic hydroxyl groups excluding tert-OH is 1. The van der Waals surface area contributed by atoms with Gasteiger partial charge < -0.3 is 30.0 Å². The molecule has 0 radical (unpaired) electrons. The number of hydrogen-bond acceptors (Lipinski definition) is 5. The molecule has 0 saturated heterocycles. The Morgan fingerprint density at radius 2 is 1.93 bits per heavy atom. The first-order valence-electron chi connectivity index (χ1n) is 9.42. The number of nitrogens with zero attached hydrogens (tertiary/aromatic N) is 1. The number of ether oxygens (including phenoxy) is 3. The molecule has 0 fully saturated rings. The Bertz CT molecular complexity index is 793. The summed E-state index contributed by atoms with van der Waals surface area (Å²) in [5, 5.41) is 16.9. The molecule has 0 bridgehead atoms. The summed E-state index contributed by atoms with van der Waals surface area (Å²) in [6, 6.07) is 13.3. The average Bonchev–Trinajstić information content (AvgIpc) is 3.19. The van der Waals surface area contributed by atoms with Crippen molar-refractivity contribution in [2.75, 3.05) is 33.5 Å². The van der Waals surface area contributed by atoms with Crippen LogP contribution < -0.4 is 24.8 Å². The molecule has 0 aromatic heterocycles. The van der Waals surface area contributed by atoms with Crippen LogP contribution in [0.25, 0.3) is 0 Å². The Morgan fingerprint density at radius 1 is 1.14 bits per heavy atom. The Kier molecular flexibility index (Phi) is 6.97. The fourth-order valence-corrected chi connectivity index (χ4v) is 2.87. The molecule has 0 saturated carbocycles. The van der Waals surface area contributed by atoms with Gasteiger partial charge in [-0.3, -0.25) is 4.99 Å². The number of methoxy groups -OCH3 is 1. The molecule has 28 heavy (non-hydrogen) atoms. The topological polar surface area (TPSA) is 84.3 Å². The van der Waals surface area contributed by atoms with Gasteiger partial charge in [-0.1, -0.05) is 18.2 Å². The van der Waals surface area contributed by atoms with Crippen LogP contribution >= 0.6 is 0 Å². The van der Waals surface area contributed by atoms with E-state index in [0.717, 1.165) is 41.3 Å². The predicted molar refractivity (Wildman–Crippen MR) is 108 cm³/mol. The van der Waals surface area contributed by atoms with Crippen LogP contribution in [0.1, 0.15) is 24.2 Å². The summed E-state index contributed by atoms with van der Waals surface area (Å²) in [4.78, 5) is 4.49. The third kappa shape index (κ3) is 5.29. The van der Waals surface area contributed by atoms with Gasteiger partial charge in [0.05, 0.1) is 19.8 Å². The fraction of sp³-hybridized carbons (Fsp3) is 0.381. The maximum atomic E-state index is 10.4. The van der Waals surface area contributed by atoms with E-state index >= 15 is 0 Å². The first kappa shape index (κ1) is 19.8. The summed E-state index contributed by atoms with van der Waals surface area (Å²) >= 11 is 0. The molecule has 1 heterocycles. The zero-order valence-corrected chi connectivity index (χ0v) is 16.3. The zero-order chi connectivity index (χ0) is 19.8. The number of hydrogen-bond donors (Lipinski definition) is 3. The highest BCUT2D eigenvalue weighted by Gasteiger charge is 2.13. The van der Waals surface area contributed by atoms with E-state index in [2.05, 4.69) is 15.6 Å². The summed E-state index contributed by atoms with van der Waals surface area (Å²) in [6.07, 6.45) is 0.150. The number of rotatable bonds is 8. The van der Waals surface area contributed by atoms with Gasteiger partial charge in [-0.2, -0.15) is 0 Å². The Balaban J connectivity index is 1.51. The summed E-state index contributed by atoms with van der Waals surface area (Å²) < 4.78 is 15.9. The number of nitrogens with one attached hydrogen (secondary N) is 2. The van der Waals surface area contributed by atoms with Gasteiger partial charge in [-0.25, -0.2) is 0 Å². The Morgan fingerprint density at radius 3 is 2.68 bits per heavy atom. The molecule has 1 unspecified atom stereocenters. The molecule has 3 N–H and O–H groups in total. The van der Waals surface area contributed by atoms with Crippen LogP contribution in [0.2, 0.25) is 0 Å². The van der Waals surface area contributed by atoms with Gasteiger partial charge in [0.1, 0.15) is 5.75 Å². The van der Waals surface area contributed by atoms with Crippen molar-refractivity contribution in [2.24, 2.45) is 4.99 Å². The maximum absolute atomic E-state index is 10.4. The van der Waals surface area contributed by atoms with E-state index < -0.39 is 6.10 Å². The molecule has 150 valence electrons. The Labute approximate surface area is 165 Å². The normalized spacial score (nSPS) is 13.9. The van der Waals surface area contributed by atoms with Gasteiger partial charge in [0, 0.05) is 13.1 Å². The molecule has 1 aliphatic heterocycles. The van der Waals surface area contributed by atoms with E-state index in [9.17, 15) is 5.11 Å². The minimum Gasteiger partial charge on any atom is -0.497 e. The van der Waals surface area contributed by atoms with Gasteiger partial charge in [-0.05, 0) is 48.7 Å². The average molecular weight is 385 g/mol. The van der Waals surface area contributed by atoms with Crippen molar-refractivity contribution in [3.8, 4) is 17.2 Å². The minimum absolute atomic E-state index is 0.270. The third-order valence-electron chi connectivity index (χ3n) is 4.41. The lowest BCUT2D eigenvalue weighted by atomic mass is 10.1. The number of fused-ring (bicyclic) bond motifs is 1. The number of benzene rings is 2. The van der Waals surface area contributed by atoms with Crippen molar-refractivity contribution in [3.63, 3.8) is 0 Å². The van der Waals surface area contributed by atoms with Gasteiger partial charge in [0.25, 0.3) is 0 Å². The van der Waals surface area contributed by atoms with Crippen molar-refractivity contribution in [1.29, 1.82) is 0 Å². The second-order valence-electron chi connectivity index (χ2n) is 6.37. The van der Waals surface area contributed by atoms with E-state index in [4.69, 9.17) is 14.2 Å². The van der Waals surface area contributed by atoms with Crippen LogP contribution in [-0.4, -0.2) is 44.6 Å². The van der Waals surface area contributed by atoms with Crippen molar-refractivity contribution in [3.05, 3.63) is 53.6 Å². The molecule has 0 amide bonds. The van der Waals surface area contributed by atoms with Crippen LogP contribution in [-0.2, 0) is 6.42 Å². The maximum Gasteiger partial charge on any atom is 0.231 e. The first-order valence-corrected chi connectivity index (χ1v) is 9.42. The fourth-order valence-electron chi connectivity index (χ4n) is 2.87. The second kappa shape index (κ2) is 9.85. The second-order valence-corrected chi connectivity index (χ2v) is 6.37. The summed E-state index contributed by atoms with van der Waals surface area (Å²) in [6.45, 7) is 4.02. The lowest BCUT2D eigenvalue weighted by Crippen LogP contribution is -2.38. The minimum atomic E-state index is -0.671. The van der Waals surface area contributed by atoms with Crippen LogP contribution in [0, 0.1) is 0 Å². The van der Waals surface area contributed by atoms with Gasteiger partial charge in [0.15, 0.2) is 17.5 Å². The van der Waals surface area contributed by atoms with Gasteiger partial charge in [-0.15, -0.1) is 0 Å². The highest BCUT2D eigenvalue weighted by Crippen LogP contribution is 2.32. The quantitative estimate of drug-likeness (QED) is 0.478. The number of aliphatic hydroxyl groups is 1. The van der Waals surface area contributed by atoms with Gasteiger partial charge in [0.2, 0.25) is 6.79 Å². The Hall–Kier alpha value is -2.93. The van der Waals surface area contributed by atoms with E-state index in [1.165, 1.54) is 0 Å². The SMILES string of the molecule is CCNC(=NCC(O)c1ccc(OC)cc1)NCCc1ccc2c(c1)OCO2. The molecule has 3 rings (SSSR count). The standard InChI is InChI=1S/C21H27N3O4/c1-3-22-21(24-13-18(25)16-5-7-17(26-2)8-6-16)23-11-10-15-4-9-19-20(12-15)28-14-27-19/h4-9,12,18,25H,3,10-11,13-14H2,1-2H3,(H2,22,23,24). The molecule has 7 nitrogen and oxygen atoms in total. The lowest BCUT2D eigenvalue weighted by Gasteiger charge is -2.14. The summed E-state index contributed by atoms with van der Waals surface area (Å²) in [5.74, 6) is 3.02. The van der Waals surface area contributed by atoms with E-state index in [-0.39, 0.29) is 13.3 Å². The molecule has 1 aliphatic rings.